The molecule has 2 aromatic heterocycles. The van der Waals surface area contributed by atoms with Crippen molar-refractivity contribution in [3.8, 4) is 5.75 Å². The van der Waals surface area contributed by atoms with Crippen LogP contribution in [0, 0.1) is 6.92 Å². The van der Waals surface area contributed by atoms with E-state index in [9.17, 15) is 9.59 Å². The third-order valence-electron chi connectivity index (χ3n) is 3.69. The molecule has 3 rings (SSSR count). The zero-order valence-corrected chi connectivity index (χ0v) is 15.2. The molecule has 0 aliphatic carbocycles. The molecule has 0 bridgehead atoms. The summed E-state index contributed by atoms with van der Waals surface area (Å²) >= 11 is 6.09. The van der Waals surface area contributed by atoms with E-state index in [4.69, 9.17) is 16.3 Å². The van der Waals surface area contributed by atoms with Crippen molar-refractivity contribution in [3.63, 3.8) is 0 Å². The first-order valence-corrected chi connectivity index (χ1v) is 8.50. The molecular weight excluding hydrogens is 368 g/mol. The molecule has 138 valence electrons. The Balaban J connectivity index is 1.52. The first kappa shape index (κ1) is 18.5. The fourth-order valence-electron chi connectivity index (χ4n) is 2.36. The smallest absolute Gasteiger partial charge is 0.276 e. The number of amides is 2. The molecule has 0 aliphatic rings. The van der Waals surface area contributed by atoms with Crippen molar-refractivity contribution in [3.05, 3.63) is 71.1 Å². The summed E-state index contributed by atoms with van der Waals surface area (Å²) in [5, 5.41) is 0.279. The van der Waals surface area contributed by atoms with E-state index in [-0.39, 0.29) is 11.8 Å². The van der Waals surface area contributed by atoms with Crippen LogP contribution in [-0.4, -0.2) is 27.8 Å². The maximum Gasteiger partial charge on any atom is 0.276 e. The Bertz CT molecular complexity index is 1010. The minimum Gasteiger partial charge on any atom is -0.483 e. The molecule has 0 fully saturated rings. The highest BCUT2D eigenvalue weighted by molar-refractivity contribution is 6.31. The maximum absolute atomic E-state index is 11.9. The van der Waals surface area contributed by atoms with Crippen molar-refractivity contribution >= 4 is 35.1 Å². The fraction of sp³-hybridized carbons (Fsp3) is 0.105. The number of hydrogen-bond donors (Lipinski definition) is 2. The summed E-state index contributed by atoms with van der Waals surface area (Å²) in [7, 11) is 0. The van der Waals surface area contributed by atoms with Gasteiger partial charge in [-0.15, -0.1) is 0 Å². The summed E-state index contributed by atoms with van der Waals surface area (Å²) in [6.07, 6.45) is 4.56. The van der Waals surface area contributed by atoms with Gasteiger partial charge in [0, 0.05) is 12.3 Å². The van der Waals surface area contributed by atoms with Crippen molar-refractivity contribution in [2.75, 3.05) is 6.61 Å². The molecule has 0 spiro atoms. The highest BCUT2D eigenvalue weighted by Crippen LogP contribution is 2.18. The van der Waals surface area contributed by atoms with Gasteiger partial charge in [0.25, 0.3) is 11.8 Å². The number of benzene rings is 1. The van der Waals surface area contributed by atoms with Crippen molar-refractivity contribution < 1.29 is 14.3 Å². The Morgan fingerprint density at radius 1 is 1.19 bits per heavy atom. The number of carbonyl (C=O) groups is 2. The number of halogens is 1. The maximum atomic E-state index is 11.9. The number of hydrazine groups is 1. The molecule has 8 heteroatoms. The number of imidazole rings is 1. The van der Waals surface area contributed by atoms with E-state index in [1.54, 1.807) is 22.7 Å². The third kappa shape index (κ3) is 4.65. The minimum absolute atomic E-state index is 0.214. The normalized spacial score (nSPS) is 10.9. The quantitative estimate of drug-likeness (QED) is 0.523. The number of ether oxygens (including phenoxy) is 1. The number of nitrogens with one attached hydrogen (secondary N) is 2. The van der Waals surface area contributed by atoms with E-state index in [1.807, 2.05) is 37.3 Å². The zero-order chi connectivity index (χ0) is 19.2. The highest BCUT2D eigenvalue weighted by Gasteiger charge is 2.08. The fourth-order valence-corrected chi connectivity index (χ4v) is 2.60. The van der Waals surface area contributed by atoms with Gasteiger partial charge in [-0.1, -0.05) is 35.9 Å². The molecule has 1 aromatic carbocycles. The summed E-state index contributed by atoms with van der Waals surface area (Å²) in [6, 6.07) is 12.8. The lowest BCUT2D eigenvalue weighted by Crippen LogP contribution is -2.43. The predicted molar refractivity (Wildman–Crippen MR) is 102 cm³/mol. The Kier molecular flexibility index (Phi) is 5.73. The van der Waals surface area contributed by atoms with Gasteiger partial charge >= 0.3 is 0 Å². The molecule has 0 saturated carbocycles. The summed E-state index contributed by atoms with van der Waals surface area (Å²) in [6.45, 7) is 1.67. The predicted octanol–water partition coefficient (Wildman–Crippen LogP) is 2.54. The number of carbonyl (C=O) groups excluding carboxylic acids is 2. The molecule has 2 N–H and O–H groups in total. The second-order valence-corrected chi connectivity index (χ2v) is 6.00. The van der Waals surface area contributed by atoms with E-state index in [0.29, 0.717) is 17.1 Å². The summed E-state index contributed by atoms with van der Waals surface area (Å²) in [4.78, 5) is 27.9. The summed E-state index contributed by atoms with van der Waals surface area (Å²) in [5.74, 6) is -0.379. The third-order valence-corrected chi connectivity index (χ3v) is 3.97. The molecule has 7 nitrogen and oxygen atoms in total. The summed E-state index contributed by atoms with van der Waals surface area (Å²) in [5.41, 5.74) is 6.72. The number of hydrogen-bond acceptors (Lipinski definition) is 4. The standard InChI is InChI=1S/C19H17ClN4O3/c1-13-6-2-3-7-15(13)27-12-18(26)23-22-17(25)10-9-14-19(20)21-16-8-4-5-11-24(14)16/h2-11H,12H2,1H3,(H,22,25)(H,23,26)/b10-9+. The lowest BCUT2D eigenvalue weighted by molar-refractivity contribution is -0.128. The van der Waals surface area contributed by atoms with Crippen molar-refractivity contribution in [2.45, 2.75) is 6.92 Å². The van der Waals surface area contributed by atoms with Gasteiger partial charge in [-0.2, -0.15) is 0 Å². The lowest BCUT2D eigenvalue weighted by atomic mass is 10.2. The molecule has 2 heterocycles. The van der Waals surface area contributed by atoms with Crippen LogP contribution in [0.4, 0.5) is 0 Å². The second kappa shape index (κ2) is 8.37. The SMILES string of the molecule is Cc1ccccc1OCC(=O)NNC(=O)/C=C/c1c(Cl)nc2ccccn12. The molecular formula is C19H17ClN4O3. The van der Waals surface area contributed by atoms with E-state index in [0.717, 1.165) is 5.56 Å². The van der Waals surface area contributed by atoms with Gasteiger partial charge in [-0.3, -0.25) is 24.8 Å². The van der Waals surface area contributed by atoms with Crippen molar-refractivity contribution in [1.29, 1.82) is 0 Å². The van der Waals surface area contributed by atoms with Crippen molar-refractivity contribution in [2.24, 2.45) is 0 Å². The molecule has 0 radical (unpaired) electrons. The second-order valence-electron chi connectivity index (χ2n) is 5.64. The first-order chi connectivity index (χ1) is 13.0. The van der Waals surface area contributed by atoms with Gasteiger partial charge in [0.1, 0.15) is 11.4 Å². The van der Waals surface area contributed by atoms with Crippen LogP contribution in [0.3, 0.4) is 0 Å². The number of aromatic nitrogens is 2. The van der Waals surface area contributed by atoms with Gasteiger partial charge in [0.2, 0.25) is 0 Å². The minimum atomic E-state index is -0.513. The number of rotatable bonds is 5. The molecule has 3 aromatic rings. The molecule has 27 heavy (non-hydrogen) atoms. The van der Waals surface area contributed by atoms with Crippen molar-refractivity contribution in [1.82, 2.24) is 20.2 Å². The summed E-state index contributed by atoms with van der Waals surface area (Å²) < 4.78 is 7.15. The van der Waals surface area contributed by atoms with Gasteiger partial charge in [0.15, 0.2) is 11.8 Å². The Morgan fingerprint density at radius 3 is 2.78 bits per heavy atom. The van der Waals surface area contributed by atoms with Crippen LogP contribution in [0.2, 0.25) is 5.15 Å². The average Bonchev–Trinajstić information content (AvgIpc) is 2.99. The largest absolute Gasteiger partial charge is 0.483 e. The highest BCUT2D eigenvalue weighted by atomic mass is 35.5. The van der Waals surface area contributed by atoms with E-state index in [1.165, 1.54) is 12.2 Å². The molecule has 0 unspecified atom stereocenters. The Labute approximate surface area is 160 Å². The number of aryl methyl sites for hydroxylation is 1. The topological polar surface area (TPSA) is 84.7 Å². The van der Waals surface area contributed by atoms with Gasteiger partial charge in [0.05, 0.1) is 5.69 Å². The molecule has 2 amide bonds. The first-order valence-electron chi connectivity index (χ1n) is 8.12. The zero-order valence-electron chi connectivity index (χ0n) is 14.5. The van der Waals surface area contributed by atoms with Gasteiger partial charge in [-0.05, 0) is 36.8 Å². The van der Waals surface area contributed by atoms with Crippen LogP contribution in [0.25, 0.3) is 11.7 Å². The number of para-hydroxylation sites is 1. The molecule has 0 aliphatic heterocycles. The van der Waals surface area contributed by atoms with Crippen LogP contribution in [0.15, 0.2) is 54.7 Å². The van der Waals surface area contributed by atoms with E-state index < -0.39 is 11.8 Å². The lowest BCUT2D eigenvalue weighted by Gasteiger charge is -2.09. The Morgan fingerprint density at radius 2 is 1.96 bits per heavy atom. The van der Waals surface area contributed by atoms with Gasteiger partial charge in [-0.25, -0.2) is 4.98 Å². The molecule has 0 saturated heterocycles. The average molecular weight is 385 g/mol. The monoisotopic (exact) mass is 384 g/mol. The van der Waals surface area contributed by atoms with Crippen LogP contribution in [0.5, 0.6) is 5.75 Å². The van der Waals surface area contributed by atoms with Crippen LogP contribution >= 0.6 is 11.6 Å². The van der Waals surface area contributed by atoms with E-state index >= 15 is 0 Å². The number of nitrogens with zero attached hydrogens (tertiary/aromatic N) is 2. The number of pyridine rings is 1. The van der Waals surface area contributed by atoms with Gasteiger partial charge < -0.3 is 4.74 Å². The molecule has 0 atom stereocenters. The van der Waals surface area contributed by atoms with Crippen LogP contribution in [-0.2, 0) is 9.59 Å². The van der Waals surface area contributed by atoms with E-state index in [2.05, 4.69) is 15.8 Å². The number of fused-ring (bicyclic) bond motifs is 1. The van der Waals surface area contributed by atoms with Crippen LogP contribution < -0.4 is 15.6 Å². The Hall–Kier alpha value is -3.32. The van der Waals surface area contributed by atoms with Crippen LogP contribution in [0.1, 0.15) is 11.3 Å².